The Morgan fingerprint density at radius 1 is 1.32 bits per heavy atom. The number of nitrogens with one attached hydrogen (secondary N) is 1. The van der Waals surface area contributed by atoms with Crippen molar-refractivity contribution in [3.05, 3.63) is 45.1 Å². The average Bonchev–Trinajstić information content (AvgIpc) is 3.00. The van der Waals surface area contributed by atoms with Crippen molar-refractivity contribution in [2.24, 2.45) is 0 Å². The zero-order valence-electron chi connectivity index (χ0n) is 15.6. The summed E-state index contributed by atoms with van der Waals surface area (Å²) < 4.78 is 7.18. The number of rotatable bonds is 5. The maximum atomic E-state index is 11.8. The van der Waals surface area contributed by atoms with Crippen molar-refractivity contribution < 1.29 is 4.74 Å². The number of methoxy groups -OCH3 is 1. The second-order valence-corrected chi connectivity index (χ2v) is 6.88. The molecule has 1 N–H and O–H groups in total. The van der Waals surface area contributed by atoms with Crippen LogP contribution in [0, 0.1) is 13.8 Å². The molecule has 1 aliphatic heterocycles. The van der Waals surface area contributed by atoms with E-state index in [1.165, 1.54) is 16.7 Å². The minimum absolute atomic E-state index is 0.101. The molecular weight excluding hydrogens is 316 g/mol. The van der Waals surface area contributed by atoms with E-state index in [9.17, 15) is 4.79 Å². The monoisotopic (exact) mass is 344 g/mol. The summed E-state index contributed by atoms with van der Waals surface area (Å²) in [5.41, 5.74) is 3.75. The zero-order chi connectivity index (χ0) is 18.0. The molecule has 0 unspecified atom stereocenters. The second-order valence-electron chi connectivity index (χ2n) is 6.88. The van der Waals surface area contributed by atoms with Crippen molar-refractivity contribution in [2.45, 2.75) is 52.6 Å². The van der Waals surface area contributed by atoms with Crippen molar-refractivity contribution in [3.8, 4) is 5.75 Å². The highest BCUT2D eigenvalue weighted by molar-refractivity contribution is 5.43. The average molecular weight is 344 g/mol. The fraction of sp³-hybridized carbons (Fsp3) is 0.579. The van der Waals surface area contributed by atoms with Crippen LogP contribution in [0.1, 0.15) is 48.2 Å². The van der Waals surface area contributed by atoms with Gasteiger partial charge in [-0.25, -0.2) is 9.89 Å². The number of benzene rings is 1. The van der Waals surface area contributed by atoms with Gasteiger partial charge in [-0.1, -0.05) is 6.07 Å². The normalized spacial score (nSPS) is 18.5. The third-order valence-corrected chi connectivity index (χ3v) is 5.44. The van der Waals surface area contributed by atoms with Gasteiger partial charge < -0.3 is 4.74 Å². The van der Waals surface area contributed by atoms with E-state index < -0.39 is 0 Å². The van der Waals surface area contributed by atoms with E-state index in [1.807, 2.05) is 6.92 Å². The Labute approximate surface area is 148 Å². The van der Waals surface area contributed by atoms with Gasteiger partial charge in [-0.15, -0.1) is 0 Å². The van der Waals surface area contributed by atoms with Crippen LogP contribution in [0.5, 0.6) is 5.75 Å². The number of piperidine rings is 1. The molecule has 0 saturated carbocycles. The van der Waals surface area contributed by atoms with Gasteiger partial charge in [0, 0.05) is 25.6 Å². The number of nitrogens with zero attached hydrogens (tertiary/aromatic N) is 3. The highest BCUT2D eigenvalue weighted by Gasteiger charge is 2.26. The summed E-state index contributed by atoms with van der Waals surface area (Å²) >= 11 is 0. The van der Waals surface area contributed by atoms with Crippen LogP contribution in [0.4, 0.5) is 0 Å². The molecule has 1 saturated heterocycles. The van der Waals surface area contributed by atoms with Crippen molar-refractivity contribution in [1.29, 1.82) is 0 Å². The van der Waals surface area contributed by atoms with Gasteiger partial charge in [0.15, 0.2) is 0 Å². The topological polar surface area (TPSA) is 63.1 Å². The predicted octanol–water partition coefficient (Wildman–Crippen LogP) is 2.60. The van der Waals surface area contributed by atoms with Crippen molar-refractivity contribution >= 4 is 0 Å². The minimum Gasteiger partial charge on any atom is -0.496 e. The van der Waals surface area contributed by atoms with Gasteiger partial charge >= 0.3 is 5.69 Å². The van der Waals surface area contributed by atoms with Gasteiger partial charge in [0.25, 0.3) is 0 Å². The van der Waals surface area contributed by atoms with Crippen molar-refractivity contribution in [1.82, 2.24) is 19.7 Å². The largest absolute Gasteiger partial charge is 0.496 e. The van der Waals surface area contributed by atoms with Gasteiger partial charge in [0.2, 0.25) is 0 Å². The molecule has 6 heteroatoms. The van der Waals surface area contributed by atoms with Gasteiger partial charge in [0.05, 0.1) is 7.11 Å². The minimum atomic E-state index is -0.101. The van der Waals surface area contributed by atoms with E-state index in [0.29, 0.717) is 12.5 Å². The molecule has 1 aromatic heterocycles. The lowest BCUT2D eigenvalue weighted by atomic mass is 9.95. The quantitative estimate of drug-likeness (QED) is 0.905. The van der Waals surface area contributed by atoms with Crippen molar-refractivity contribution in [3.63, 3.8) is 0 Å². The van der Waals surface area contributed by atoms with Crippen LogP contribution in [0.2, 0.25) is 0 Å². The number of hydrogen-bond donors (Lipinski definition) is 1. The summed E-state index contributed by atoms with van der Waals surface area (Å²) in [5, 5.41) is 6.89. The van der Waals surface area contributed by atoms with E-state index in [2.05, 4.69) is 41.1 Å². The summed E-state index contributed by atoms with van der Waals surface area (Å²) in [6, 6.07) is 4.23. The highest BCUT2D eigenvalue weighted by atomic mass is 16.5. The lowest BCUT2D eigenvalue weighted by molar-refractivity contribution is 0.194. The number of ether oxygens (including phenoxy) is 1. The molecule has 2 heterocycles. The molecule has 0 spiro atoms. The zero-order valence-corrected chi connectivity index (χ0v) is 15.6. The Bertz CT molecular complexity index is 793. The third kappa shape index (κ3) is 3.49. The summed E-state index contributed by atoms with van der Waals surface area (Å²) in [4.78, 5) is 14.3. The first-order valence-corrected chi connectivity index (χ1v) is 9.05. The number of aromatic nitrogens is 3. The van der Waals surface area contributed by atoms with E-state index in [0.717, 1.165) is 44.0 Å². The molecule has 0 bridgehead atoms. The fourth-order valence-electron chi connectivity index (χ4n) is 3.84. The molecular formula is C19H28N4O2. The molecule has 136 valence electrons. The fourth-order valence-corrected chi connectivity index (χ4v) is 3.84. The molecule has 1 aliphatic rings. The molecule has 0 amide bonds. The van der Waals surface area contributed by atoms with E-state index in [-0.39, 0.29) is 5.69 Å². The highest BCUT2D eigenvalue weighted by Crippen LogP contribution is 2.28. The summed E-state index contributed by atoms with van der Waals surface area (Å²) in [7, 11) is 1.72. The van der Waals surface area contributed by atoms with Crippen LogP contribution in [0.25, 0.3) is 0 Å². The first-order chi connectivity index (χ1) is 12.0. The number of likely N-dealkylation sites (tertiary alicyclic amines) is 1. The molecule has 0 radical (unpaired) electrons. The predicted molar refractivity (Wildman–Crippen MR) is 98.2 cm³/mol. The molecule has 3 rings (SSSR count). The Hall–Kier alpha value is -2.08. The Morgan fingerprint density at radius 3 is 2.84 bits per heavy atom. The first kappa shape index (κ1) is 17.7. The Morgan fingerprint density at radius 2 is 2.12 bits per heavy atom. The van der Waals surface area contributed by atoms with Crippen LogP contribution in [0.3, 0.4) is 0 Å². The molecule has 1 atom stereocenters. The second kappa shape index (κ2) is 7.44. The molecule has 25 heavy (non-hydrogen) atoms. The molecule has 0 aliphatic carbocycles. The van der Waals surface area contributed by atoms with Gasteiger partial charge in [-0.3, -0.25) is 9.47 Å². The van der Waals surface area contributed by atoms with Gasteiger partial charge in [0.1, 0.15) is 11.6 Å². The smallest absolute Gasteiger partial charge is 0.343 e. The number of aromatic amines is 1. The van der Waals surface area contributed by atoms with E-state index in [4.69, 9.17) is 4.74 Å². The maximum Gasteiger partial charge on any atom is 0.343 e. The standard InChI is InChI=1S/C19H28N4O2/c1-5-23-18(20-21-19(23)24)16-7-6-10-22(12-16)11-15-8-9-17(25-4)14(3)13(15)2/h8-9,16H,5-7,10-12H2,1-4H3,(H,21,24)/t16-/m0/s1. The summed E-state index contributed by atoms with van der Waals surface area (Å²) in [6.45, 7) is 9.88. The van der Waals surface area contributed by atoms with Crippen LogP contribution >= 0.6 is 0 Å². The van der Waals surface area contributed by atoms with Gasteiger partial charge in [-0.2, -0.15) is 5.10 Å². The summed E-state index contributed by atoms with van der Waals surface area (Å²) in [6.07, 6.45) is 2.21. The SMILES string of the molecule is CCn1c([C@H]2CCCN(Cc3ccc(OC)c(C)c3C)C2)n[nH]c1=O. The number of H-pyrrole nitrogens is 1. The maximum absolute atomic E-state index is 11.8. The summed E-state index contributed by atoms with van der Waals surface area (Å²) in [5.74, 6) is 2.16. The molecule has 6 nitrogen and oxygen atoms in total. The van der Waals surface area contributed by atoms with Crippen LogP contribution in [-0.4, -0.2) is 39.9 Å². The van der Waals surface area contributed by atoms with Crippen molar-refractivity contribution in [2.75, 3.05) is 20.2 Å². The van der Waals surface area contributed by atoms with E-state index >= 15 is 0 Å². The Kier molecular flexibility index (Phi) is 5.27. The van der Waals surface area contributed by atoms with Gasteiger partial charge in [-0.05, 0) is 62.9 Å². The molecule has 1 aromatic carbocycles. The molecule has 1 fully saturated rings. The lowest BCUT2D eigenvalue weighted by Gasteiger charge is -2.32. The van der Waals surface area contributed by atoms with Crippen LogP contribution in [0.15, 0.2) is 16.9 Å². The van der Waals surface area contributed by atoms with Crippen LogP contribution in [-0.2, 0) is 13.1 Å². The molecule has 2 aromatic rings. The Balaban J connectivity index is 1.76. The lowest BCUT2D eigenvalue weighted by Crippen LogP contribution is -2.35. The van der Waals surface area contributed by atoms with E-state index in [1.54, 1.807) is 11.7 Å². The first-order valence-electron chi connectivity index (χ1n) is 9.05. The van der Waals surface area contributed by atoms with Crippen LogP contribution < -0.4 is 10.4 Å². The number of hydrogen-bond acceptors (Lipinski definition) is 4. The third-order valence-electron chi connectivity index (χ3n) is 5.44.